The van der Waals surface area contributed by atoms with E-state index in [2.05, 4.69) is 10.1 Å². The molecule has 1 atom stereocenters. The first-order valence-electron chi connectivity index (χ1n) is 10.6. The maximum Gasteiger partial charge on any atom is 0.419 e. The maximum atomic E-state index is 13.9. The number of halogens is 4. The van der Waals surface area contributed by atoms with Crippen LogP contribution in [-0.2, 0) is 6.18 Å². The molecule has 0 aliphatic heterocycles. The fourth-order valence-electron chi connectivity index (χ4n) is 4.03. The maximum absolute atomic E-state index is 13.9. The summed E-state index contributed by atoms with van der Waals surface area (Å²) in [7, 11) is 0. The summed E-state index contributed by atoms with van der Waals surface area (Å²) >= 11 is 6.16. The number of fused-ring (bicyclic) bond motifs is 1. The van der Waals surface area contributed by atoms with Crippen LogP contribution in [0, 0.1) is 5.92 Å². The van der Waals surface area contributed by atoms with E-state index in [-0.39, 0.29) is 17.5 Å². The molecular formula is C23H26ClF3N4O. The van der Waals surface area contributed by atoms with Crippen LogP contribution in [0.2, 0.25) is 5.15 Å². The number of alkyl halides is 3. The number of ether oxygens (including phenoxy) is 1. The third-order valence-electron chi connectivity index (χ3n) is 5.44. The Bertz CT molecular complexity index is 1140. The smallest absolute Gasteiger partial charge is 0.419 e. The van der Waals surface area contributed by atoms with Crippen molar-refractivity contribution in [1.82, 2.24) is 14.6 Å². The topological polar surface area (TPSA) is 65.4 Å². The van der Waals surface area contributed by atoms with Gasteiger partial charge in [-0.25, -0.2) is 9.50 Å². The second-order valence-electron chi connectivity index (χ2n) is 9.34. The van der Waals surface area contributed by atoms with Crippen molar-refractivity contribution in [2.24, 2.45) is 11.7 Å². The van der Waals surface area contributed by atoms with Gasteiger partial charge < -0.3 is 10.5 Å². The molecule has 5 nitrogen and oxygen atoms in total. The molecule has 1 aromatic carbocycles. The summed E-state index contributed by atoms with van der Waals surface area (Å²) in [4.78, 5) is 4.62. The van der Waals surface area contributed by atoms with E-state index in [0.29, 0.717) is 35.0 Å². The number of hydrogen-bond donors (Lipinski definition) is 1. The molecule has 0 unspecified atom stereocenters. The fraction of sp³-hybridized carbons (Fsp3) is 0.478. The largest absolute Gasteiger partial charge is 0.491 e. The Morgan fingerprint density at radius 1 is 1.25 bits per heavy atom. The highest BCUT2D eigenvalue weighted by molar-refractivity contribution is 6.29. The first-order valence-corrected chi connectivity index (χ1v) is 11.0. The average molecular weight is 467 g/mol. The van der Waals surface area contributed by atoms with E-state index in [1.54, 1.807) is 19.2 Å². The SMILES string of the molecule is CC(C)C[C@](C)(N)COc1ccc(-c2cc(Cl)nn3cc(C4CC4)nc23)cc1C(F)(F)F. The van der Waals surface area contributed by atoms with Crippen molar-refractivity contribution in [3.8, 4) is 16.9 Å². The van der Waals surface area contributed by atoms with E-state index in [1.807, 2.05) is 13.8 Å². The summed E-state index contributed by atoms with van der Waals surface area (Å²) in [6.07, 6.45) is -0.0806. The molecule has 1 saturated carbocycles. The summed E-state index contributed by atoms with van der Waals surface area (Å²) < 4.78 is 48.9. The van der Waals surface area contributed by atoms with Gasteiger partial charge in [0.05, 0.1) is 17.5 Å². The third kappa shape index (κ3) is 5.02. The average Bonchev–Trinajstić information content (AvgIpc) is 3.43. The summed E-state index contributed by atoms with van der Waals surface area (Å²) in [5, 5.41) is 4.39. The molecule has 0 amide bonds. The lowest BCUT2D eigenvalue weighted by atomic mass is 9.93. The number of benzene rings is 1. The molecule has 0 saturated heterocycles. The first-order chi connectivity index (χ1) is 14.9. The Morgan fingerprint density at radius 2 is 1.97 bits per heavy atom. The summed E-state index contributed by atoms with van der Waals surface area (Å²) in [5.74, 6) is 0.424. The van der Waals surface area contributed by atoms with Gasteiger partial charge >= 0.3 is 6.18 Å². The van der Waals surface area contributed by atoms with E-state index in [1.165, 1.54) is 16.6 Å². The summed E-state index contributed by atoms with van der Waals surface area (Å²) in [5.41, 5.74) is 6.79. The van der Waals surface area contributed by atoms with Gasteiger partial charge in [0.2, 0.25) is 0 Å². The van der Waals surface area contributed by atoms with Crippen molar-refractivity contribution < 1.29 is 17.9 Å². The minimum atomic E-state index is -4.60. The van der Waals surface area contributed by atoms with Gasteiger partial charge in [0.1, 0.15) is 12.4 Å². The molecular weight excluding hydrogens is 441 g/mol. The molecule has 0 spiro atoms. The fourth-order valence-corrected chi connectivity index (χ4v) is 4.22. The van der Waals surface area contributed by atoms with Crippen LogP contribution < -0.4 is 10.5 Å². The summed E-state index contributed by atoms with van der Waals surface area (Å²) in [6, 6.07) is 5.52. The van der Waals surface area contributed by atoms with Crippen LogP contribution in [-0.4, -0.2) is 26.7 Å². The molecule has 0 bridgehead atoms. The predicted octanol–water partition coefficient (Wildman–Crippen LogP) is 6.09. The highest BCUT2D eigenvalue weighted by Crippen LogP contribution is 2.42. The number of rotatable bonds is 7. The van der Waals surface area contributed by atoms with Crippen LogP contribution in [0.1, 0.15) is 57.2 Å². The Morgan fingerprint density at radius 3 is 2.59 bits per heavy atom. The van der Waals surface area contributed by atoms with Gasteiger partial charge in [-0.15, -0.1) is 0 Å². The Labute approximate surface area is 189 Å². The molecule has 1 aliphatic rings. The highest BCUT2D eigenvalue weighted by atomic mass is 35.5. The Kier molecular flexibility index (Phi) is 5.88. The molecule has 4 rings (SSSR count). The van der Waals surface area contributed by atoms with E-state index in [0.717, 1.165) is 24.6 Å². The lowest BCUT2D eigenvalue weighted by Crippen LogP contribution is -2.43. The number of imidazole rings is 1. The second kappa shape index (κ2) is 8.23. The van der Waals surface area contributed by atoms with Crippen molar-refractivity contribution in [1.29, 1.82) is 0 Å². The zero-order valence-corrected chi connectivity index (χ0v) is 19.0. The molecule has 3 aromatic rings. The van der Waals surface area contributed by atoms with Crippen molar-refractivity contribution in [3.63, 3.8) is 0 Å². The van der Waals surface area contributed by atoms with Crippen LogP contribution in [0.5, 0.6) is 5.75 Å². The van der Waals surface area contributed by atoms with Crippen LogP contribution in [0.15, 0.2) is 30.5 Å². The molecule has 1 fully saturated rings. The Hall–Kier alpha value is -2.32. The summed E-state index contributed by atoms with van der Waals surface area (Å²) in [6.45, 7) is 5.77. The zero-order chi connectivity index (χ0) is 23.3. The molecule has 2 heterocycles. The number of nitrogens with zero attached hydrogens (tertiary/aromatic N) is 3. The lowest BCUT2D eigenvalue weighted by molar-refractivity contribution is -0.139. The molecule has 9 heteroatoms. The third-order valence-corrected chi connectivity index (χ3v) is 5.62. The van der Waals surface area contributed by atoms with Crippen LogP contribution >= 0.6 is 11.6 Å². The van der Waals surface area contributed by atoms with Crippen LogP contribution in [0.4, 0.5) is 13.2 Å². The van der Waals surface area contributed by atoms with Crippen LogP contribution in [0.3, 0.4) is 0 Å². The lowest BCUT2D eigenvalue weighted by Gasteiger charge is -2.27. The van der Waals surface area contributed by atoms with Crippen molar-refractivity contribution >= 4 is 17.2 Å². The minimum Gasteiger partial charge on any atom is -0.491 e. The van der Waals surface area contributed by atoms with Gasteiger partial charge in [-0.2, -0.15) is 18.3 Å². The normalized spacial score (nSPS) is 16.5. The van der Waals surface area contributed by atoms with Crippen LogP contribution in [0.25, 0.3) is 16.8 Å². The zero-order valence-electron chi connectivity index (χ0n) is 18.2. The van der Waals surface area contributed by atoms with Gasteiger partial charge in [0.25, 0.3) is 0 Å². The van der Waals surface area contributed by atoms with E-state index in [9.17, 15) is 13.2 Å². The van der Waals surface area contributed by atoms with E-state index < -0.39 is 17.3 Å². The minimum absolute atomic E-state index is 0.0239. The predicted molar refractivity (Wildman–Crippen MR) is 118 cm³/mol. The van der Waals surface area contributed by atoms with Gasteiger partial charge in [-0.05, 0) is 55.9 Å². The quantitative estimate of drug-likeness (QED) is 0.457. The monoisotopic (exact) mass is 466 g/mol. The number of nitrogens with two attached hydrogens (primary N) is 1. The number of hydrogen-bond acceptors (Lipinski definition) is 4. The molecule has 1 aliphatic carbocycles. The Balaban J connectivity index is 1.72. The van der Waals surface area contributed by atoms with Gasteiger partial charge in [0, 0.05) is 17.0 Å². The molecule has 2 aromatic heterocycles. The van der Waals surface area contributed by atoms with Gasteiger partial charge in [0.15, 0.2) is 10.8 Å². The van der Waals surface area contributed by atoms with Gasteiger partial charge in [-0.1, -0.05) is 31.5 Å². The molecule has 0 radical (unpaired) electrons. The first kappa shape index (κ1) is 22.9. The highest BCUT2D eigenvalue weighted by Gasteiger charge is 2.36. The van der Waals surface area contributed by atoms with Crippen molar-refractivity contribution in [3.05, 3.63) is 46.9 Å². The van der Waals surface area contributed by atoms with Crippen molar-refractivity contribution in [2.45, 2.75) is 57.7 Å². The second-order valence-corrected chi connectivity index (χ2v) is 9.73. The number of aromatic nitrogens is 3. The van der Waals surface area contributed by atoms with Crippen molar-refractivity contribution in [2.75, 3.05) is 6.61 Å². The standard InChI is InChI=1S/C23H26ClF3N4O/c1-13(2)10-22(3,28)12-32-19-7-6-15(8-17(19)23(25,26)27)16-9-20(24)30-31-11-18(14-4-5-14)29-21(16)31/h6-9,11,13-14H,4-5,10,12,28H2,1-3H3/t22-/m0/s1. The molecule has 32 heavy (non-hydrogen) atoms. The van der Waals surface area contributed by atoms with E-state index in [4.69, 9.17) is 22.1 Å². The van der Waals surface area contributed by atoms with Gasteiger partial charge in [-0.3, -0.25) is 0 Å². The van der Waals surface area contributed by atoms with E-state index >= 15 is 0 Å². The molecule has 2 N–H and O–H groups in total. The molecule has 172 valence electrons.